The summed E-state index contributed by atoms with van der Waals surface area (Å²) in [6.07, 6.45) is 2.99. The molecule has 0 saturated heterocycles. The number of hydrogen-bond donors (Lipinski definition) is 3. The molecule has 1 aromatic rings. The predicted molar refractivity (Wildman–Crippen MR) is 82.4 cm³/mol. The second-order valence-electron chi connectivity index (χ2n) is 5.07. The Hall–Kier alpha value is -2.37. The lowest BCUT2D eigenvalue weighted by molar-refractivity contribution is -0.121. The van der Waals surface area contributed by atoms with Gasteiger partial charge < -0.3 is 15.7 Å². The minimum atomic E-state index is -0.963. The summed E-state index contributed by atoms with van der Waals surface area (Å²) in [5, 5.41) is 14.3. The number of carboxylic acid groups (broad SMARTS) is 1. The molecule has 0 unspecified atom stereocenters. The fourth-order valence-corrected chi connectivity index (χ4v) is 1.91. The van der Waals surface area contributed by atoms with Crippen LogP contribution in [0.4, 0.5) is 0 Å². The van der Waals surface area contributed by atoms with E-state index in [1.54, 1.807) is 12.1 Å². The van der Waals surface area contributed by atoms with Gasteiger partial charge in [0, 0.05) is 26.4 Å². The zero-order valence-electron chi connectivity index (χ0n) is 12.7. The van der Waals surface area contributed by atoms with Gasteiger partial charge in [0.2, 0.25) is 11.8 Å². The van der Waals surface area contributed by atoms with E-state index in [9.17, 15) is 14.4 Å². The van der Waals surface area contributed by atoms with Crippen LogP contribution in [0.25, 0.3) is 0 Å². The van der Waals surface area contributed by atoms with Crippen molar-refractivity contribution in [2.45, 2.75) is 39.2 Å². The van der Waals surface area contributed by atoms with E-state index < -0.39 is 5.97 Å². The fourth-order valence-electron chi connectivity index (χ4n) is 1.91. The molecule has 0 aliphatic rings. The molecule has 0 radical (unpaired) electrons. The number of carboxylic acids is 1. The summed E-state index contributed by atoms with van der Waals surface area (Å²) in [5.74, 6) is -1.02. The summed E-state index contributed by atoms with van der Waals surface area (Å²) in [4.78, 5) is 33.0. The van der Waals surface area contributed by atoms with E-state index in [-0.39, 0.29) is 17.4 Å². The topological polar surface area (TPSA) is 95.5 Å². The van der Waals surface area contributed by atoms with E-state index in [1.165, 1.54) is 19.1 Å². The minimum Gasteiger partial charge on any atom is -0.478 e. The summed E-state index contributed by atoms with van der Waals surface area (Å²) in [7, 11) is 0. The first-order valence-corrected chi connectivity index (χ1v) is 7.32. The third-order valence-corrected chi connectivity index (χ3v) is 3.15. The summed E-state index contributed by atoms with van der Waals surface area (Å²) < 4.78 is 0. The molecule has 3 N–H and O–H groups in total. The molecule has 0 bridgehead atoms. The van der Waals surface area contributed by atoms with Crippen LogP contribution in [0, 0.1) is 0 Å². The van der Waals surface area contributed by atoms with E-state index in [0.717, 1.165) is 24.8 Å². The second kappa shape index (κ2) is 9.55. The van der Waals surface area contributed by atoms with Crippen molar-refractivity contribution in [2.24, 2.45) is 0 Å². The lowest BCUT2D eigenvalue weighted by Crippen LogP contribution is -2.23. The lowest BCUT2D eigenvalue weighted by atomic mass is 10.1. The van der Waals surface area contributed by atoms with E-state index in [4.69, 9.17) is 5.11 Å². The molecule has 0 atom stereocenters. The van der Waals surface area contributed by atoms with E-state index in [2.05, 4.69) is 10.6 Å². The maximum absolute atomic E-state index is 11.7. The number of hydrogen-bond acceptors (Lipinski definition) is 3. The highest BCUT2D eigenvalue weighted by Gasteiger charge is 2.04. The van der Waals surface area contributed by atoms with Crippen LogP contribution in [-0.4, -0.2) is 29.4 Å². The number of nitrogens with one attached hydrogen (secondary N) is 2. The number of benzene rings is 1. The average molecular weight is 306 g/mol. The van der Waals surface area contributed by atoms with Gasteiger partial charge in [0.1, 0.15) is 0 Å². The molecule has 6 nitrogen and oxygen atoms in total. The van der Waals surface area contributed by atoms with Crippen molar-refractivity contribution in [2.75, 3.05) is 6.54 Å². The molecule has 1 aromatic carbocycles. The number of amides is 2. The number of carbonyl (C=O) groups is 3. The normalized spacial score (nSPS) is 10.0. The van der Waals surface area contributed by atoms with Gasteiger partial charge in [-0.05, 0) is 30.5 Å². The van der Waals surface area contributed by atoms with E-state index >= 15 is 0 Å². The molecule has 0 aliphatic carbocycles. The van der Waals surface area contributed by atoms with Crippen molar-refractivity contribution >= 4 is 17.8 Å². The minimum absolute atomic E-state index is 0.0261. The molecule has 6 heteroatoms. The SMILES string of the molecule is CC(=O)NCCCCCC(=O)NCc1ccc(C(=O)O)cc1. The van der Waals surface area contributed by atoms with Gasteiger partial charge in [0.15, 0.2) is 0 Å². The molecular formula is C16H22N2O4. The smallest absolute Gasteiger partial charge is 0.335 e. The Morgan fingerprint density at radius 2 is 1.68 bits per heavy atom. The monoisotopic (exact) mass is 306 g/mol. The Kier molecular flexibility index (Phi) is 7.67. The van der Waals surface area contributed by atoms with E-state index in [1.807, 2.05) is 0 Å². The number of unbranched alkanes of at least 4 members (excludes halogenated alkanes) is 2. The van der Waals surface area contributed by atoms with Gasteiger partial charge in [-0.2, -0.15) is 0 Å². The van der Waals surface area contributed by atoms with Crippen molar-refractivity contribution < 1.29 is 19.5 Å². The van der Waals surface area contributed by atoms with Gasteiger partial charge in [0.25, 0.3) is 0 Å². The summed E-state index contributed by atoms with van der Waals surface area (Å²) in [6, 6.07) is 6.42. The second-order valence-corrected chi connectivity index (χ2v) is 5.07. The number of rotatable bonds is 9. The third-order valence-electron chi connectivity index (χ3n) is 3.15. The lowest BCUT2D eigenvalue weighted by Gasteiger charge is -2.06. The molecular weight excluding hydrogens is 284 g/mol. The molecule has 0 heterocycles. The molecule has 120 valence electrons. The first-order chi connectivity index (χ1) is 10.5. The van der Waals surface area contributed by atoms with Crippen LogP contribution in [0.5, 0.6) is 0 Å². The maximum Gasteiger partial charge on any atom is 0.335 e. The summed E-state index contributed by atoms with van der Waals surface area (Å²) in [5.41, 5.74) is 1.10. The predicted octanol–water partition coefficient (Wildman–Crippen LogP) is 1.70. The molecule has 0 spiro atoms. The Morgan fingerprint density at radius 1 is 1.00 bits per heavy atom. The standard InChI is InChI=1S/C16H22N2O4/c1-12(19)17-10-4-2-3-5-15(20)18-11-13-6-8-14(9-7-13)16(21)22/h6-9H,2-5,10-11H2,1H3,(H,17,19)(H,18,20)(H,21,22). The van der Waals surface area contributed by atoms with Gasteiger partial charge >= 0.3 is 5.97 Å². The molecule has 0 fully saturated rings. The Bertz CT molecular complexity index is 511. The van der Waals surface area contributed by atoms with Crippen LogP contribution in [-0.2, 0) is 16.1 Å². The van der Waals surface area contributed by atoms with Crippen LogP contribution < -0.4 is 10.6 Å². The summed E-state index contributed by atoms with van der Waals surface area (Å²) in [6.45, 7) is 2.52. The molecule has 0 saturated carbocycles. The molecule has 0 aromatic heterocycles. The highest BCUT2D eigenvalue weighted by Crippen LogP contribution is 2.05. The van der Waals surface area contributed by atoms with Gasteiger partial charge in [0.05, 0.1) is 5.56 Å². The van der Waals surface area contributed by atoms with Crippen molar-refractivity contribution in [1.82, 2.24) is 10.6 Å². The molecule has 1 rings (SSSR count). The average Bonchev–Trinajstić information content (AvgIpc) is 2.48. The number of aromatic carboxylic acids is 1. The quantitative estimate of drug-likeness (QED) is 0.605. The molecule has 22 heavy (non-hydrogen) atoms. The van der Waals surface area contributed by atoms with E-state index in [0.29, 0.717) is 19.5 Å². The van der Waals surface area contributed by atoms with Gasteiger partial charge in [-0.1, -0.05) is 18.6 Å². The van der Waals surface area contributed by atoms with Crippen LogP contribution in [0.3, 0.4) is 0 Å². The van der Waals surface area contributed by atoms with Gasteiger partial charge in [-0.3, -0.25) is 9.59 Å². The van der Waals surface area contributed by atoms with Crippen molar-refractivity contribution in [1.29, 1.82) is 0 Å². The zero-order chi connectivity index (χ0) is 16.4. The van der Waals surface area contributed by atoms with Gasteiger partial charge in [-0.15, -0.1) is 0 Å². The van der Waals surface area contributed by atoms with Crippen LogP contribution in [0.15, 0.2) is 24.3 Å². The van der Waals surface area contributed by atoms with Gasteiger partial charge in [-0.25, -0.2) is 4.79 Å². The highest BCUT2D eigenvalue weighted by atomic mass is 16.4. The Labute approximate surface area is 129 Å². The first-order valence-electron chi connectivity index (χ1n) is 7.32. The largest absolute Gasteiger partial charge is 0.478 e. The Morgan fingerprint density at radius 3 is 2.27 bits per heavy atom. The van der Waals surface area contributed by atoms with Crippen molar-refractivity contribution in [3.05, 3.63) is 35.4 Å². The summed E-state index contributed by atoms with van der Waals surface area (Å²) >= 11 is 0. The van der Waals surface area contributed by atoms with Crippen LogP contribution >= 0.6 is 0 Å². The fraction of sp³-hybridized carbons (Fsp3) is 0.438. The zero-order valence-corrected chi connectivity index (χ0v) is 12.7. The van der Waals surface area contributed by atoms with Crippen molar-refractivity contribution in [3.8, 4) is 0 Å². The van der Waals surface area contributed by atoms with Crippen LogP contribution in [0.2, 0.25) is 0 Å². The Balaban J connectivity index is 2.15. The van der Waals surface area contributed by atoms with Crippen molar-refractivity contribution in [3.63, 3.8) is 0 Å². The first kappa shape index (κ1) is 17.7. The molecule has 0 aliphatic heterocycles. The highest BCUT2D eigenvalue weighted by molar-refractivity contribution is 5.87. The molecule has 2 amide bonds. The number of carbonyl (C=O) groups excluding carboxylic acids is 2. The third kappa shape index (κ3) is 7.42. The van der Waals surface area contributed by atoms with Crippen LogP contribution in [0.1, 0.15) is 48.5 Å². The maximum atomic E-state index is 11.7.